The van der Waals surface area contributed by atoms with Crippen molar-refractivity contribution in [3.05, 3.63) is 96.6 Å². The summed E-state index contributed by atoms with van der Waals surface area (Å²) >= 11 is 0. The predicted molar refractivity (Wildman–Crippen MR) is 178 cm³/mol. The molecular formula is C37H39F2N3O4S. The van der Waals surface area contributed by atoms with E-state index in [0.717, 1.165) is 36.6 Å². The van der Waals surface area contributed by atoms with E-state index in [2.05, 4.69) is 4.72 Å². The lowest BCUT2D eigenvalue weighted by atomic mass is 9.93. The maximum atomic E-state index is 16.8. The third kappa shape index (κ3) is 6.38. The van der Waals surface area contributed by atoms with Crippen LogP contribution in [0.25, 0.3) is 21.9 Å². The zero-order chi connectivity index (χ0) is 32.8. The van der Waals surface area contributed by atoms with E-state index in [-0.39, 0.29) is 29.1 Å². The van der Waals surface area contributed by atoms with Crippen LogP contribution in [0.3, 0.4) is 0 Å². The standard InChI is InChI=1S/C37H39F2N3O4S/c38-37(39,28-10-6-9-25(19-28)24-7-2-1-3-8-24)35(36(43)42-30-15-16-31(42)23-29(40)22-30)41-47(44,45)34-18-14-26-20-33(17-13-27(26)21-34)46-32-11-4-5-12-32/h1-3,6-10,13-14,17-21,29-32,35,41H,4-5,11-12,15-16,22-23,40H2. The van der Waals surface area contributed by atoms with Gasteiger partial charge < -0.3 is 15.4 Å². The number of nitrogens with zero attached hydrogens (tertiary/aromatic N) is 1. The molecule has 0 aromatic heterocycles. The van der Waals surface area contributed by atoms with Gasteiger partial charge in [-0.05, 0) is 104 Å². The summed E-state index contributed by atoms with van der Waals surface area (Å²) in [5.41, 5.74) is 7.02. The van der Waals surface area contributed by atoms with Crippen LogP contribution >= 0.6 is 0 Å². The zero-order valence-electron chi connectivity index (χ0n) is 26.0. The lowest BCUT2D eigenvalue weighted by molar-refractivity contribution is -0.149. The molecule has 2 bridgehead atoms. The molecule has 1 aliphatic carbocycles. The zero-order valence-corrected chi connectivity index (χ0v) is 26.8. The quantitative estimate of drug-likeness (QED) is 0.207. The van der Waals surface area contributed by atoms with Gasteiger partial charge in [-0.1, -0.05) is 60.7 Å². The van der Waals surface area contributed by atoms with Crippen molar-refractivity contribution < 1.29 is 26.7 Å². The number of halogens is 2. The van der Waals surface area contributed by atoms with E-state index < -0.39 is 33.5 Å². The molecular weight excluding hydrogens is 620 g/mol. The third-order valence-electron chi connectivity index (χ3n) is 9.96. The summed E-state index contributed by atoms with van der Waals surface area (Å²) in [6.45, 7) is 0. The van der Waals surface area contributed by atoms with Crippen molar-refractivity contribution in [1.82, 2.24) is 9.62 Å². The minimum Gasteiger partial charge on any atom is -0.490 e. The molecule has 2 aliphatic heterocycles. The van der Waals surface area contributed by atoms with Crippen LogP contribution in [-0.4, -0.2) is 49.5 Å². The highest BCUT2D eigenvalue weighted by Gasteiger charge is 2.53. The van der Waals surface area contributed by atoms with Gasteiger partial charge in [0.2, 0.25) is 15.9 Å². The van der Waals surface area contributed by atoms with Crippen LogP contribution in [-0.2, 0) is 20.7 Å². The van der Waals surface area contributed by atoms with Gasteiger partial charge in [0.05, 0.1) is 11.0 Å². The van der Waals surface area contributed by atoms with Crippen LogP contribution in [0.4, 0.5) is 8.78 Å². The average Bonchev–Trinajstić information content (AvgIpc) is 3.68. The number of benzene rings is 4. The van der Waals surface area contributed by atoms with Crippen LogP contribution in [0.15, 0.2) is 95.9 Å². The lowest BCUT2D eigenvalue weighted by Crippen LogP contribution is -2.60. The Morgan fingerprint density at radius 1 is 0.830 bits per heavy atom. The molecule has 0 spiro atoms. The molecule has 1 amide bonds. The van der Waals surface area contributed by atoms with Crippen LogP contribution in [0, 0.1) is 0 Å². The fourth-order valence-electron chi connectivity index (χ4n) is 7.58. The van der Waals surface area contributed by atoms with Crippen LogP contribution in [0.1, 0.15) is 56.9 Å². The van der Waals surface area contributed by atoms with Crippen molar-refractivity contribution in [1.29, 1.82) is 0 Å². The first kappa shape index (κ1) is 31.7. The van der Waals surface area contributed by atoms with E-state index in [4.69, 9.17) is 10.5 Å². The number of hydrogen-bond acceptors (Lipinski definition) is 5. The number of rotatable bonds is 9. The van der Waals surface area contributed by atoms with Crippen LogP contribution in [0.2, 0.25) is 0 Å². The van der Waals surface area contributed by atoms with Gasteiger partial charge in [-0.2, -0.15) is 13.5 Å². The Hall–Kier alpha value is -3.86. The van der Waals surface area contributed by atoms with E-state index >= 15 is 8.78 Å². The summed E-state index contributed by atoms with van der Waals surface area (Å²) in [4.78, 5) is 15.5. The molecule has 3 N–H and O–H groups in total. The summed E-state index contributed by atoms with van der Waals surface area (Å²) in [5.74, 6) is -4.10. The van der Waals surface area contributed by atoms with Crippen LogP contribution in [0.5, 0.6) is 5.75 Å². The van der Waals surface area contributed by atoms with Crippen molar-refractivity contribution in [2.24, 2.45) is 5.73 Å². The summed E-state index contributed by atoms with van der Waals surface area (Å²) in [5, 5.41) is 1.37. The summed E-state index contributed by atoms with van der Waals surface area (Å²) in [7, 11) is -4.58. The first-order chi connectivity index (χ1) is 22.6. The molecule has 3 unspecified atom stereocenters. The third-order valence-corrected chi connectivity index (χ3v) is 11.4. The number of fused-ring (bicyclic) bond motifs is 3. The Kier molecular flexibility index (Phi) is 8.53. The molecule has 1 saturated carbocycles. The largest absolute Gasteiger partial charge is 0.490 e. The molecule has 246 valence electrons. The second-order valence-electron chi connectivity index (χ2n) is 13.2. The van der Waals surface area contributed by atoms with Gasteiger partial charge in [0.1, 0.15) is 5.75 Å². The van der Waals surface area contributed by atoms with Gasteiger partial charge in [0, 0.05) is 23.7 Å². The van der Waals surface area contributed by atoms with Crippen molar-refractivity contribution in [3.8, 4) is 16.9 Å². The van der Waals surface area contributed by atoms with Gasteiger partial charge in [0.25, 0.3) is 5.92 Å². The second-order valence-corrected chi connectivity index (χ2v) is 14.9. The smallest absolute Gasteiger partial charge is 0.298 e. The molecule has 2 heterocycles. The van der Waals surface area contributed by atoms with Crippen molar-refractivity contribution in [3.63, 3.8) is 0 Å². The molecule has 3 atom stereocenters. The summed E-state index contributed by atoms with van der Waals surface area (Å²) in [6.07, 6.45) is 6.75. The van der Waals surface area contributed by atoms with Gasteiger partial charge in [-0.3, -0.25) is 4.79 Å². The summed E-state index contributed by atoms with van der Waals surface area (Å²) in [6, 6.07) is 21.6. The number of hydrogen-bond donors (Lipinski definition) is 2. The van der Waals surface area contributed by atoms with E-state index in [0.29, 0.717) is 42.4 Å². The Morgan fingerprint density at radius 3 is 2.21 bits per heavy atom. The fraction of sp³-hybridized carbons (Fsp3) is 0.378. The van der Waals surface area contributed by atoms with Crippen molar-refractivity contribution in [2.75, 3.05) is 0 Å². The number of carbonyl (C=O) groups is 1. The Bertz CT molecular complexity index is 1870. The first-order valence-electron chi connectivity index (χ1n) is 16.4. The molecule has 4 aromatic rings. The van der Waals surface area contributed by atoms with E-state index in [1.807, 2.05) is 24.3 Å². The number of ether oxygens (including phenoxy) is 1. The fourth-order valence-corrected chi connectivity index (χ4v) is 8.80. The Labute approximate surface area is 274 Å². The number of amides is 1. The minimum atomic E-state index is -4.58. The molecule has 7 rings (SSSR count). The number of alkyl halides is 2. The van der Waals surface area contributed by atoms with Gasteiger partial charge >= 0.3 is 0 Å². The first-order valence-corrected chi connectivity index (χ1v) is 17.9. The molecule has 3 aliphatic rings. The van der Waals surface area contributed by atoms with E-state index in [1.165, 1.54) is 35.2 Å². The lowest BCUT2D eigenvalue weighted by Gasteiger charge is -2.41. The Balaban J connectivity index is 1.22. The van der Waals surface area contributed by atoms with Crippen molar-refractivity contribution in [2.45, 2.75) is 92.5 Å². The van der Waals surface area contributed by atoms with Crippen molar-refractivity contribution >= 4 is 26.7 Å². The van der Waals surface area contributed by atoms with Crippen LogP contribution < -0.4 is 15.2 Å². The predicted octanol–water partition coefficient (Wildman–Crippen LogP) is 6.75. The minimum absolute atomic E-state index is 0.128. The SMILES string of the molecule is NC1CC2CCC(C1)N2C(=O)C(NS(=O)(=O)c1ccc2cc(OC3CCCC3)ccc2c1)C(F)(F)c1cccc(-c2ccccc2)c1. The number of carbonyl (C=O) groups excluding carboxylic acids is 1. The van der Waals surface area contributed by atoms with E-state index in [9.17, 15) is 13.2 Å². The molecule has 2 saturated heterocycles. The highest BCUT2D eigenvalue weighted by molar-refractivity contribution is 7.89. The average molecular weight is 660 g/mol. The number of nitrogens with one attached hydrogen (secondary N) is 1. The maximum absolute atomic E-state index is 16.8. The highest BCUT2D eigenvalue weighted by atomic mass is 32.2. The number of sulfonamides is 1. The Morgan fingerprint density at radius 2 is 1.49 bits per heavy atom. The molecule has 47 heavy (non-hydrogen) atoms. The normalized spacial score (nSPS) is 22.4. The number of piperidine rings is 1. The molecule has 3 fully saturated rings. The highest BCUT2D eigenvalue weighted by Crippen LogP contribution is 2.41. The molecule has 0 radical (unpaired) electrons. The number of nitrogens with two attached hydrogens (primary N) is 1. The molecule has 4 aromatic carbocycles. The maximum Gasteiger partial charge on any atom is 0.298 e. The van der Waals surface area contributed by atoms with Gasteiger partial charge in [-0.25, -0.2) is 8.42 Å². The second kappa shape index (κ2) is 12.6. The van der Waals surface area contributed by atoms with Gasteiger partial charge in [0.15, 0.2) is 6.04 Å². The van der Waals surface area contributed by atoms with E-state index in [1.54, 1.807) is 36.4 Å². The van der Waals surface area contributed by atoms with Gasteiger partial charge in [-0.15, -0.1) is 0 Å². The molecule has 10 heteroatoms. The summed E-state index contributed by atoms with van der Waals surface area (Å²) < 4.78 is 69.6. The topological polar surface area (TPSA) is 102 Å². The molecule has 7 nitrogen and oxygen atoms in total. The monoisotopic (exact) mass is 659 g/mol.